The second-order valence-corrected chi connectivity index (χ2v) is 3.04. The Bertz CT molecular complexity index is 132. The van der Waals surface area contributed by atoms with E-state index < -0.39 is 12.1 Å². The summed E-state index contributed by atoms with van der Waals surface area (Å²) in [5.41, 5.74) is 0. The highest BCUT2D eigenvalue weighted by molar-refractivity contribution is 4.83. The molecule has 4 heteroatoms. The van der Waals surface area contributed by atoms with E-state index in [0.29, 0.717) is 6.42 Å². The normalized spacial score (nSPS) is 32.7. The fourth-order valence-corrected chi connectivity index (χ4v) is 1.54. The highest BCUT2D eigenvalue weighted by Crippen LogP contribution is 2.38. The van der Waals surface area contributed by atoms with Gasteiger partial charge in [-0.25, -0.2) is 0 Å². The van der Waals surface area contributed by atoms with E-state index >= 15 is 0 Å². The van der Waals surface area contributed by atoms with Crippen LogP contribution in [-0.4, -0.2) is 19.3 Å². The van der Waals surface area contributed by atoms with E-state index in [1.807, 2.05) is 0 Å². The summed E-state index contributed by atoms with van der Waals surface area (Å²) >= 11 is 0. The summed E-state index contributed by atoms with van der Waals surface area (Å²) in [5.74, 6) is -1.07. The Labute approximate surface area is 64.0 Å². The van der Waals surface area contributed by atoms with Gasteiger partial charge in [0.05, 0.1) is 5.92 Å². The van der Waals surface area contributed by atoms with Crippen LogP contribution in [0.5, 0.6) is 0 Å². The molecule has 0 amide bonds. The Morgan fingerprint density at radius 3 is 2.18 bits per heavy atom. The number of alkyl halides is 3. The average molecular weight is 167 g/mol. The first-order chi connectivity index (χ1) is 5.04. The molecule has 0 aliphatic heterocycles. The van der Waals surface area contributed by atoms with Crippen LogP contribution in [-0.2, 0) is 0 Å². The highest BCUT2D eigenvalue weighted by atomic mass is 19.4. The first-order valence-electron chi connectivity index (χ1n) is 3.78. The lowest BCUT2D eigenvalue weighted by Gasteiger charge is -2.14. The van der Waals surface area contributed by atoms with E-state index in [-0.39, 0.29) is 18.9 Å². The molecule has 0 radical (unpaired) electrons. The summed E-state index contributed by atoms with van der Waals surface area (Å²) in [6.07, 6.45) is -2.79. The van der Waals surface area contributed by atoms with Gasteiger partial charge in [-0.3, -0.25) is 0 Å². The van der Waals surface area contributed by atoms with Crippen molar-refractivity contribution in [1.29, 1.82) is 0 Å². The van der Waals surface area contributed by atoms with Crippen LogP contribution < -0.4 is 5.32 Å². The van der Waals surface area contributed by atoms with Crippen LogP contribution in [0.4, 0.5) is 13.2 Å². The van der Waals surface area contributed by atoms with Crippen molar-refractivity contribution in [1.82, 2.24) is 5.32 Å². The standard InChI is InChI=1S/C7H12F3N/c1-11-6-3-2-5(4-6)7(8,9)10/h5-6,11H,2-4H2,1H3. The molecular formula is C7H12F3N. The largest absolute Gasteiger partial charge is 0.391 e. The number of halogens is 3. The van der Waals surface area contributed by atoms with E-state index in [1.54, 1.807) is 7.05 Å². The molecule has 0 aromatic heterocycles. The van der Waals surface area contributed by atoms with Gasteiger partial charge in [0.25, 0.3) is 0 Å². The molecule has 2 atom stereocenters. The van der Waals surface area contributed by atoms with Gasteiger partial charge in [-0.05, 0) is 26.3 Å². The third-order valence-electron chi connectivity index (χ3n) is 2.30. The van der Waals surface area contributed by atoms with Crippen LogP contribution >= 0.6 is 0 Å². The maximum Gasteiger partial charge on any atom is 0.391 e. The van der Waals surface area contributed by atoms with Gasteiger partial charge in [0.2, 0.25) is 0 Å². The summed E-state index contributed by atoms with van der Waals surface area (Å²) < 4.78 is 36.1. The Hall–Kier alpha value is -0.250. The average Bonchev–Trinajstić information content (AvgIpc) is 2.32. The minimum atomic E-state index is -3.98. The van der Waals surface area contributed by atoms with Crippen molar-refractivity contribution in [3.63, 3.8) is 0 Å². The Morgan fingerprint density at radius 1 is 1.27 bits per heavy atom. The second kappa shape index (κ2) is 3.01. The molecule has 1 aliphatic carbocycles. The van der Waals surface area contributed by atoms with Crippen LogP contribution in [0.2, 0.25) is 0 Å². The predicted octanol–water partition coefficient (Wildman–Crippen LogP) is 1.94. The van der Waals surface area contributed by atoms with Gasteiger partial charge < -0.3 is 5.32 Å². The topological polar surface area (TPSA) is 12.0 Å². The van der Waals surface area contributed by atoms with Crippen LogP contribution in [0, 0.1) is 5.92 Å². The van der Waals surface area contributed by atoms with Crippen molar-refractivity contribution in [3.05, 3.63) is 0 Å². The smallest absolute Gasteiger partial charge is 0.317 e. The van der Waals surface area contributed by atoms with Crippen molar-refractivity contribution in [3.8, 4) is 0 Å². The lowest BCUT2D eigenvalue weighted by molar-refractivity contribution is -0.172. The number of nitrogens with one attached hydrogen (secondary N) is 1. The van der Waals surface area contributed by atoms with E-state index in [4.69, 9.17) is 0 Å². The van der Waals surface area contributed by atoms with E-state index in [0.717, 1.165) is 0 Å². The number of hydrogen-bond donors (Lipinski definition) is 1. The minimum Gasteiger partial charge on any atom is -0.317 e. The molecule has 1 N–H and O–H groups in total. The summed E-state index contributed by atoms with van der Waals surface area (Å²) in [6, 6.07) is 0.0709. The third-order valence-corrected chi connectivity index (χ3v) is 2.30. The molecule has 1 rings (SSSR count). The van der Waals surface area contributed by atoms with Crippen molar-refractivity contribution >= 4 is 0 Å². The van der Waals surface area contributed by atoms with E-state index in [9.17, 15) is 13.2 Å². The fourth-order valence-electron chi connectivity index (χ4n) is 1.54. The summed E-state index contributed by atoms with van der Waals surface area (Å²) in [5, 5.41) is 2.87. The molecule has 0 aromatic rings. The molecule has 2 unspecified atom stereocenters. The maximum atomic E-state index is 12.0. The summed E-state index contributed by atoms with van der Waals surface area (Å²) in [4.78, 5) is 0. The van der Waals surface area contributed by atoms with Gasteiger partial charge in [-0.15, -0.1) is 0 Å². The van der Waals surface area contributed by atoms with Gasteiger partial charge in [-0.2, -0.15) is 13.2 Å². The quantitative estimate of drug-likeness (QED) is 0.629. The van der Waals surface area contributed by atoms with Crippen LogP contribution in [0.15, 0.2) is 0 Å². The Morgan fingerprint density at radius 2 is 1.91 bits per heavy atom. The molecule has 1 aliphatic rings. The fraction of sp³-hybridized carbons (Fsp3) is 1.00. The molecule has 0 spiro atoms. The lowest BCUT2D eigenvalue weighted by Crippen LogP contribution is -2.25. The van der Waals surface area contributed by atoms with E-state index in [2.05, 4.69) is 5.32 Å². The summed E-state index contributed by atoms with van der Waals surface area (Å²) in [6.45, 7) is 0. The van der Waals surface area contributed by atoms with Crippen LogP contribution in [0.3, 0.4) is 0 Å². The highest BCUT2D eigenvalue weighted by Gasteiger charge is 2.43. The SMILES string of the molecule is CNC1CCC(C(F)(F)F)C1. The van der Waals surface area contributed by atoms with Crippen molar-refractivity contribution < 1.29 is 13.2 Å². The zero-order valence-corrected chi connectivity index (χ0v) is 6.41. The molecule has 0 bridgehead atoms. The zero-order valence-electron chi connectivity index (χ0n) is 6.41. The second-order valence-electron chi connectivity index (χ2n) is 3.04. The van der Waals surface area contributed by atoms with Crippen LogP contribution in [0.25, 0.3) is 0 Å². The van der Waals surface area contributed by atoms with Crippen molar-refractivity contribution in [2.45, 2.75) is 31.5 Å². The van der Waals surface area contributed by atoms with E-state index in [1.165, 1.54) is 0 Å². The predicted molar refractivity (Wildman–Crippen MR) is 36.2 cm³/mol. The zero-order chi connectivity index (χ0) is 8.48. The van der Waals surface area contributed by atoms with Gasteiger partial charge >= 0.3 is 6.18 Å². The number of hydrogen-bond acceptors (Lipinski definition) is 1. The van der Waals surface area contributed by atoms with Gasteiger partial charge in [0, 0.05) is 6.04 Å². The van der Waals surface area contributed by atoms with Crippen molar-refractivity contribution in [2.24, 2.45) is 5.92 Å². The maximum absolute atomic E-state index is 12.0. The lowest BCUT2D eigenvalue weighted by atomic mass is 10.1. The molecule has 1 saturated carbocycles. The molecule has 11 heavy (non-hydrogen) atoms. The van der Waals surface area contributed by atoms with Gasteiger partial charge in [0.15, 0.2) is 0 Å². The first-order valence-corrected chi connectivity index (χ1v) is 3.78. The van der Waals surface area contributed by atoms with Crippen molar-refractivity contribution in [2.75, 3.05) is 7.05 Å². The molecule has 0 aromatic carbocycles. The van der Waals surface area contributed by atoms with Gasteiger partial charge in [0.1, 0.15) is 0 Å². The third kappa shape index (κ3) is 2.09. The molecule has 1 nitrogen and oxygen atoms in total. The Kier molecular flexibility index (Phi) is 2.42. The molecule has 0 saturated heterocycles. The molecule has 66 valence electrons. The molecular weight excluding hydrogens is 155 g/mol. The number of rotatable bonds is 1. The Balaban J connectivity index is 2.42. The minimum absolute atomic E-state index is 0.0709. The van der Waals surface area contributed by atoms with Gasteiger partial charge in [-0.1, -0.05) is 0 Å². The van der Waals surface area contributed by atoms with Crippen LogP contribution in [0.1, 0.15) is 19.3 Å². The first kappa shape index (κ1) is 8.84. The molecule has 1 fully saturated rings. The molecule has 0 heterocycles. The summed E-state index contributed by atoms with van der Waals surface area (Å²) in [7, 11) is 1.71. The monoisotopic (exact) mass is 167 g/mol.